The van der Waals surface area contributed by atoms with E-state index in [1.54, 1.807) is 14.0 Å². The number of urea groups is 1. The molecule has 3 rings (SSSR count). The van der Waals surface area contributed by atoms with Crippen LogP contribution in [0.1, 0.15) is 30.5 Å². The van der Waals surface area contributed by atoms with Crippen molar-refractivity contribution < 1.29 is 13.6 Å². The minimum absolute atomic E-state index is 0.0859. The summed E-state index contributed by atoms with van der Waals surface area (Å²) >= 11 is 0. The van der Waals surface area contributed by atoms with Crippen LogP contribution in [-0.4, -0.2) is 21.0 Å². The maximum Gasteiger partial charge on any atom is 0.321 e. The first-order valence-electron chi connectivity index (χ1n) is 7.33. The summed E-state index contributed by atoms with van der Waals surface area (Å²) in [6.07, 6.45) is 1.76. The second-order valence-electron chi connectivity index (χ2n) is 5.76. The lowest BCUT2D eigenvalue weighted by Crippen LogP contribution is -2.53. The predicted molar refractivity (Wildman–Crippen MR) is 79.8 cm³/mol. The number of halogens is 2. The molecular formula is C15H17F2N5O. The Bertz CT molecular complexity index is 734. The number of aromatic nitrogens is 3. The van der Waals surface area contributed by atoms with Crippen molar-refractivity contribution in [3.8, 4) is 0 Å². The number of anilines is 1. The van der Waals surface area contributed by atoms with Crippen LogP contribution in [-0.2, 0) is 12.6 Å². The molecule has 1 aliphatic carbocycles. The van der Waals surface area contributed by atoms with Crippen molar-refractivity contribution in [2.75, 3.05) is 5.32 Å². The Hall–Kier alpha value is -2.51. The van der Waals surface area contributed by atoms with Crippen molar-refractivity contribution in [2.45, 2.75) is 31.7 Å². The van der Waals surface area contributed by atoms with Crippen molar-refractivity contribution in [2.24, 2.45) is 7.05 Å². The van der Waals surface area contributed by atoms with Gasteiger partial charge in [0.15, 0.2) is 5.82 Å². The molecule has 2 aromatic rings. The molecule has 8 heteroatoms. The fourth-order valence-electron chi connectivity index (χ4n) is 2.80. The monoisotopic (exact) mass is 321 g/mol. The molecular weight excluding hydrogens is 304 g/mol. The normalized spacial score (nSPS) is 15.8. The van der Waals surface area contributed by atoms with Gasteiger partial charge in [-0.1, -0.05) is 11.3 Å². The van der Waals surface area contributed by atoms with Gasteiger partial charge in [0.05, 0.1) is 11.2 Å². The summed E-state index contributed by atoms with van der Waals surface area (Å²) < 4.78 is 29.7. The van der Waals surface area contributed by atoms with E-state index in [2.05, 4.69) is 20.9 Å². The molecule has 1 aliphatic rings. The highest BCUT2D eigenvalue weighted by Gasteiger charge is 2.44. The van der Waals surface area contributed by atoms with Gasteiger partial charge < -0.3 is 5.32 Å². The average Bonchev–Trinajstić information content (AvgIpc) is 2.76. The van der Waals surface area contributed by atoms with Gasteiger partial charge in [-0.2, -0.15) is 0 Å². The van der Waals surface area contributed by atoms with Gasteiger partial charge in [0.2, 0.25) is 0 Å². The minimum Gasteiger partial charge on any atom is -0.328 e. The van der Waals surface area contributed by atoms with Gasteiger partial charge >= 0.3 is 6.03 Å². The fourth-order valence-corrected chi connectivity index (χ4v) is 2.80. The van der Waals surface area contributed by atoms with Gasteiger partial charge in [-0.05, 0) is 38.3 Å². The molecule has 0 radical (unpaired) electrons. The lowest BCUT2D eigenvalue weighted by molar-refractivity contribution is 0.175. The van der Waals surface area contributed by atoms with Crippen LogP contribution in [0, 0.1) is 18.6 Å². The summed E-state index contributed by atoms with van der Waals surface area (Å²) in [4.78, 5) is 12.2. The number of benzene rings is 1. The molecule has 1 aromatic carbocycles. The van der Waals surface area contributed by atoms with Crippen molar-refractivity contribution in [3.05, 3.63) is 41.1 Å². The van der Waals surface area contributed by atoms with Gasteiger partial charge in [0.1, 0.15) is 11.6 Å². The second-order valence-corrected chi connectivity index (χ2v) is 5.76. The molecule has 1 heterocycles. The summed E-state index contributed by atoms with van der Waals surface area (Å²) in [6.45, 7) is 1.76. The highest BCUT2D eigenvalue weighted by molar-refractivity contribution is 5.89. The van der Waals surface area contributed by atoms with Crippen LogP contribution in [0.15, 0.2) is 18.2 Å². The maximum atomic E-state index is 14.1. The summed E-state index contributed by atoms with van der Waals surface area (Å²) in [5.74, 6) is -0.991. The first-order chi connectivity index (χ1) is 10.9. The highest BCUT2D eigenvalue weighted by atomic mass is 19.1. The van der Waals surface area contributed by atoms with E-state index >= 15 is 0 Å². The summed E-state index contributed by atoms with van der Waals surface area (Å²) in [6, 6.07) is 3.15. The third-order valence-electron chi connectivity index (χ3n) is 4.34. The molecule has 0 bridgehead atoms. The Labute approximate surface area is 131 Å². The van der Waals surface area contributed by atoms with Crippen molar-refractivity contribution in [1.29, 1.82) is 0 Å². The Morgan fingerprint density at radius 3 is 2.43 bits per heavy atom. The van der Waals surface area contributed by atoms with E-state index in [1.165, 1.54) is 22.9 Å². The number of nitrogens with zero attached hydrogens (tertiary/aromatic N) is 3. The summed E-state index contributed by atoms with van der Waals surface area (Å²) in [5.41, 5.74) is -0.424. The molecule has 2 amide bonds. The zero-order valence-electron chi connectivity index (χ0n) is 12.9. The van der Waals surface area contributed by atoms with Crippen LogP contribution in [0.3, 0.4) is 0 Å². The van der Waals surface area contributed by atoms with Gasteiger partial charge in [-0.3, -0.25) is 10.00 Å². The first-order valence-corrected chi connectivity index (χ1v) is 7.33. The summed E-state index contributed by atoms with van der Waals surface area (Å²) in [5, 5.41) is 12.9. The molecule has 1 fully saturated rings. The van der Waals surface area contributed by atoms with Crippen LogP contribution < -0.4 is 10.6 Å². The number of carbonyl (C=O) groups excluding carboxylic acids is 1. The second kappa shape index (κ2) is 5.60. The number of carbonyl (C=O) groups is 1. The smallest absolute Gasteiger partial charge is 0.321 e. The molecule has 122 valence electrons. The molecule has 2 N–H and O–H groups in total. The molecule has 6 nitrogen and oxygen atoms in total. The third-order valence-corrected chi connectivity index (χ3v) is 4.34. The number of hydrogen-bond acceptors (Lipinski definition) is 3. The van der Waals surface area contributed by atoms with Gasteiger partial charge in [-0.25, -0.2) is 13.6 Å². The Morgan fingerprint density at radius 2 is 1.96 bits per heavy atom. The quantitative estimate of drug-likeness (QED) is 0.913. The van der Waals surface area contributed by atoms with Crippen LogP contribution in [0.2, 0.25) is 0 Å². The van der Waals surface area contributed by atoms with Crippen LogP contribution in [0.5, 0.6) is 0 Å². The van der Waals surface area contributed by atoms with Crippen LogP contribution >= 0.6 is 0 Å². The Balaban J connectivity index is 1.82. The Kier molecular flexibility index (Phi) is 3.75. The number of rotatable bonds is 3. The van der Waals surface area contributed by atoms with Crippen molar-refractivity contribution >= 4 is 11.8 Å². The SMILES string of the molecule is Cc1c(NC(=O)NC2(c3c(F)cccc3F)CCC2)nnn1C. The average molecular weight is 321 g/mol. The van der Waals surface area contributed by atoms with Gasteiger partial charge in [0.25, 0.3) is 0 Å². The van der Waals surface area contributed by atoms with E-state index in [-0.39, 0.29) is 5.56 Å². The zero-order chi connectivity index (χ0) is 16.6. The maximum absolute atomic E-state index is 14.1. The number of hydrogen-bond donors (Lipinski definition) is 2. The van der Waals surface area contributed by atoms with Crippen molar-refractivity contribution in [1.82, 2.24) is 20.3 Å². The van der Waals surface area contributed by atoms with E-state index < -0.39 is 23.2 Å². The molecule has 0 saturated heterocycles. The standard InChI is InChI=1S/C15H17F2N5O/c1-9-13(20-21-22(9)2)18-14(23)19-15(7-4-8-15)12-10(16)5-3-6-11(12)17/h3,5-6H,4,7-8H2,1-2H3,(H2,18,19,23). The third kappa shape index (κ3) is 2.64. The van der Waals surface area contributed by atoms with E-state index in [0.29, 0.717) is 24.4 Å². The molecule has 1 saturated carbocycles. The van der Waals surface area contributed by atoms with Gasteiger partial charge in [-0.15, -0.1) is 5.10 Å². The Morgan fingerprint density at radius 1 is 1.30 bits per heavy atom. The van der Waals surface area contributed by atoms with E-state index in [1.807, 2.05) is 0 Å². The minimum atomic E-state index is -1.02. The molecule has 0 aliphatic heterocycles. The first kappa shape index (κ1) is 15.4. The number of nitrogens with one attached hydrogen (secondary N) is 2. The fraction of sp³-hybridized carbons (Fsp3) is 0.400. The topological polar surface area (TPSA) is 71.8 Å². The lowest BCUT2D eigenvalue weighted by atomic mass is 9.71. The molecule has 0 spiro atoms. The zero-order valence-corrected chi connectivity index (χ0v) is 12.9. The number of amides is 2. The molecule has 0 unspecified atom stereocenters. The molecule has 0 atom stereocenters. The van der Waals surface area contributed by atoms with E-state index in [0.717, 1.165) is 6.42 Å². The van der Waals surface area contributed by atoms with Crippen molar-refractivity contribution in [3.63, 3.8) is 0 Å². The van der Waals surface area contributed by atoms with Crippen LogP contribution in [0.25, 0.3) is 0 Å². The largest absolute Gasteiger partial charge is 0.328 e. The highest BCUT2D eigenvalue weighted by Crippen LogP contribution is 2.43. The van der Waals surface area contributed by atoms with Crippen LogP contribution in [0.4, 0.5) is 19.4 Å². The summed E-state index contributed by atoms with van der Waals surface area (Å²) in [7, 11) is 1.70. The molecule has 23 heavy (non-hydrogen) atoms. The van der Waals surface area contributed by atoms with E-state index in [4.69, 9.17) is 0 Å². The molecule has 1 aromatic heterocycles. The predicted octanol–water partition coefficient (Wildman–Crippen LogP) is 2.60. The van der Waals surface area contributed by atoms with Gasteiger partial charge in [0, 0.05) is 12.6 Å². The van der Waals surface area contributed by atoms with E-state index in [9.17, 15) is 13.6 Å². The number of aryl methyl sites for hydroxylation is 1. The lowest BCUT2D eigenvalue weighted by Gasteiger charge is -2.43.